The maximum atomic E-state index is 13.9. The van der Waals surface area contributed by atoms with Crippen LogP contribution in [0, 0.1) is 6.92 Å². The second-order valence-electron chi connectivity index (χ2n) is 9.52. The molecule has 1 N–H and O–H groups in total. The minimum absolute atomic E-state index is 0.0567. The van der Waals surface area contributed by atoms with Gasteiger partial charge in [-0.1, -0.05) is 55.0 Å². The minimum atomic E-state index is -4.11. The lowest BCUT2D eigenvalue weighted by Gasteiger charge is -2.32. The number of carbonyl (C=O) groups is 2. The molecule has 3 rings (SSSR count). The summed E-state index contributed by atoms with van der Waals surface area (Å²) in [5.74, 6) is -0.247. The van der Waals surface area contributed by atoms with Crippen LogP contribution in [0.3, 0.4) is 0 Å². The molecule has 9 heteroatoms. The molecule has 2 amide bonds. The van der Waals surface area contributed by atoms with E-state index < -0.39 is 28.5 Å². The molecule has 0 unspecified atom stereocenters. The fourth-order valence-electron chi connectivity index (χ4n) is 3.94. The van der Waals surface area contributed by atoms with Crippen LogP contribution in [0.1, 0.15) is 38.3 Å². The average molecular weight is 552 g/mol. The number of methoxy groups -OCH3 is 1. The molecule has 0 spiro atoms. The lowest BCUT2D eigenvalue weighted by Crippen LogP contribution is -2.52. The van der Waals surface area contributed by atoms with E-state index in [1.165, 1.54) is 24.1 Å². The van der Waals surface area contributed by atoms with E-state index in [0.717, 1.165) is 21.9 Å². The molecule has 0 aliphatic carbocycles. The zero-order chi connectivity index (χ0) is 28.6. The second kappa shape index (κ2) is 13.3. The van der Waals surface area contributed by atoms with Crippen LogP contribution in [0.25, 0.3) is 0 Å². The molecule has 3 aromatic carbocycles. The third-order valence-corrected chi connectivity index (χ3v) is 8.40. The molecular formula is C30H37N3O5S. The SMILES string of the molecule is CC[C@H](C)NC(=O)[C@@H](C)N(Cc1ccc(C)cc1)C(=O)CN(c1ccc(OC)cc1)S(=O)(=O)c1ccccc1. The molecule has 3 aromatic rings. The Kier molecular flexibility index (Phi) is 10.1. The Hall–Kier alpha value is -3.85. The first-order valence-electron chi connectivity index (χ1n) is 12.9. The van der Waals surface area contributed by atoms with Gasteiger partial charge in [0.2, 0.25) is 11.8 Å². The van der Waals surface area contributed by atoms with Crippen LogP contribution < -0.4 is 14.4 Å². The number of hydrogen-bond acceptors (Lipinski definition) is 5. The topological polar surface area (TPSA) is 96.0 Å². The van der Waals surface area contributed by atoms with Gasteiger partial charge in [-0.3, -0.25) is 13.9 Å². The average Bonchev–Trinajstić information content (AvgIpc) is 2.95. The fourth-order valence-corrected chi connectivity index (χ4v) is 5.37. The number of anilines is 1. The van der Waals surface area contributed by atoms with Crippen molar-refractivity contribution in [3.8, 4) is 5.75 Å². The number of sulfonamides is 1. The first-order valence-corrected chi connectivity index (χ1v) is 14.4. The highest BCUT2D eigenvalue weighted by atomic mass is 32.2. The van der Waals surface area contributed by atoms with Gasteiger partial charge in [0.1, 0.15) is 18.3 Å². The van der Waals surface area contributed by atoms with Crippen molar-refractivity contribution >= 4 is 27.5 Å². The van der Waals surface area contributed by atoms with Crippen molar-refractivity contribution in [3.05, 3.63) is 90.0 Å². The van der Waals surface area contributed by atoms with Crippen molar-refractivity contribution in [1.29, 1.82) is 0 Å². The number of aryl methyl sites for hydroxylation is 1. The quantitative estimate of drug-likeness (QED) is 0.357. The Balaban J connectivity index is 2.01. The Morgan fingerprint density at radius 3 is 2.10 bits per heavy atom. The van der Waals surface area contributed by atoms with Gasteiger partial charge in [0.05, 0.1) is 17.7 Å². The normalized spacial score (nSPS) is 12.7. The number of nitrogens with zero attached hydrogens (tertiary/aromatic N) is 2. The molecule has 0 aromatic heterocycles. The Morgan fingerprint density at radius 1 is 0.923 bits per heavy atom. The molecule has 0 aliphatic rings. The Bertz CT molecular complexity index is 1340. The van der Waals surface area contributed by atoms with Crippen LogP contribution in [0.5, 0.6) is 5.75 Å². The summed E-state index contributed by atoms with van der Waals surface area (Å²) in [5.41, 5.74) is 2.21. The zero-order valence-corrected chi connectivity index (χ0v) is 23.9. The molecule has 0 bridgehead atoms. The number of benzene rings is 3. The van der Waals surface area contributed by atoms with E-state index in [2.05, 4.69) is 5.32 Å². The van der Waals surface area contributed by atoms with Gasteiger partial charge in [-0.25, -0.2) is 8.42 Å². The number of nitrogens with one attached hydrogen (secondary N) is 1. The van der Waals surface area contributed by atoms with Crippen molar-refractivity contribution < 1.29 is 22.7 Å². The van der Waals surface area contributed by atoms with Crippen molar-refractivity contribution in [3.63, 3.8) is 0 Å². The van der Waals surface area contributed by atoms with E-state index in [-0.39, 0.29) is 23.4 Å². The van der Waals surface area contributed by atoms with Crippen molar-refractivity contribution in [2.45, 2.75) is 57.6 Å². The van der Waals surface area contributed by atoms with Crippen molar-refractivity contribution in [2.24, 2.45) is 0 Å². The van der Waals surface area contributed by atoms with E-state index in [0.29, 0.717) is 11.4 Å². The van der Waals surface area contributed by atoms with Gasteiger partial charge in [0.25, 0.3) is 10.0 Å². The maximum absolute atomic E-state index is 13.9. The summed E-state index contributed by atoms with van der Waals surface area (Å²) in [4.78, 5) is 28.5. The molecule has 208 valence electrons. The number of amides is 2. The molecule has 0 radical (unpaired) electrons. The highest BCUT2D eigenvalue weighted by Crippen LogP contribution is 2.26. The van der Waals surface area contributed by atoms with E-state index in [9.17, 15) is 18.0 Å². The van der Waals surface area contributed by atoms with Gasteiger partial charge in [-0.2, -0.15) is 0 Å². The molecule has 0 fully saturated rings. The third-order valence-electron chi connectivity index (χ3n) is 6.61. The van der Waals surface area contributed by atoms with E-state index in [4.69, 9.17) is 4.74 Å². The first kappa shape index (κ1) is 29.7. The molecule has 0 aliphatic heterocycles. The highest BCUT2D eigenvalue weighted by Gasteiger charge is 2.32. The summed E-state index contributed by atoms with van der Waals surface area (Å²) in [7, 11) is -2.59. The van der Waals surface area contributed by atoms with E-state index in [1.807, 2.05) is 45.0 Å². The molecule has 0 saturated heterocycles. The molecule has 39 heavy (non-hydrogen) atoms. The van der Waals surface area contributed by atoms with Crippen LogP contribution in [0.4, 0.5) is 5.69 Å². The first-order chi connectivity index (χ1) is 18.6. The van der Waals surface area contributed by atoms with Crippen molar-refractivity contribution in [2.75, 3.05) is 18.0 Å². The fraction of sp³-hybridized carbons (Fsp3) is 0.333. The number of rotatable bonds is 12. The van der Waals surface area contributed by atoms with E-state index in [1.54, 1.807) is 49.4 Å². The minimum Gasteiger partial charge on any atom is -0.497 e. The highest BCUT2D eigenvalue weighted by molar-refractivity contribution is 7.92. The summed E-state index contributed by atoms with van der Waals surface area (Å²) < 4.78 is 33.8. The summed E-state index contributed by atoms with van der Waals surface area (Å²) in [6.45, 7) is 7.15. The molecule has 0 heterocycles. The Labute approximate surface area is 231 Å². The monoisotopic (exact) mass is 551 g/mol. The van der Waals surface area contributed by atoms with E-state index >= 15 is 0 Å². The smallest absolute Gasteiger partial charge is 0.264 e. The predicted molar refractivity (Wildman–Crippen MR) is 153 cm³/mol. The second-order valence-corrected chi connectivity index (χ2v) is 11.4. The van der Waals surface area contributed by atoms with Gasteiger partial charge in [-0.15, -0.1) is 0 Å². The van der Waals surface area contributed by atoms with Crippen LogP contribution in [-0.2, 0) is 26.2 Å². The number of ether oxygens (including phenoxy) is 1. The van der Waals surface area contributed by atoms with Gasteiger partial charge in [-0.05, 0) is 69.2 Å². The lowest BCUT2D eigenvalue weighted by atomic mass is 10.1. The third kappa shape index (κ3) is 7.60. The summed E-state index contributed by atoms with van der Waals surface area (Å²) in [5, 5.41) is 2.93. The largest absolute Gasteiger partial charge is 0.497 e. The number of hydrogen-bond donors (Lipinski definition) is 1. The van der Waals surface area contributed by atoms with Gasteiger partial charge >= 0.3 is 0 Å². The number of carbonyl (C=O) groups excluding carboxylic acids is 2. The van der Waals surface area contributed by atoms with Gasteiger partial charge in [0.15, 0.2) is 0 Å². The van der Waals surface area contributed by atoms with Gasteiger partial charge in [0, 0.05) is 12.6 Å². The zero-order valence-electron chi connectivity index (χ0n) is 23.1. The molecule has 8 nitrogen and oxygen atoms in total. The summed E-state index contributed by atoms with van der Waals surface area (Å²) >= 11 is 0. The summed E-state index contributed by atoms with van der Waals surface area (Å²) in [6.07, 6.45) is 0.741. The van der Waals surface area contributed by atoms with Crippen LogP contribution >= 0.6 is 0 Å². The lowest BCUT2D eigenvalue weighted by molar-refractivity contribution is -0.139. The van der Waals surface area contributed by atoms with Crippen molar-refractivity contribution in [1.82, 2.24) is 10.2 Å². The predicted octanol–water partition coefficient (Wildman–Crippen LogP) is 4.53. The molecule has 2 atom stereocenters. The van der Waals surface area contributed by atoms with Crippen LogP contribution in [0.2, 0.25) is 0 Å². The maximum Gasteiger partial charge on any atom is 0.264 e. The molecular weight excluding hydrogens is 514 g/mol. The van der Waals surface area contributed by atoms with Crippen LogP contribution in [0.15, 0.2) is 83.8 Å². The molecule has 0 saturated carbocycles. The summed E-state index contributed by atoms with van der Waals surface area (Å²) in [6, 6.07) is 21.2. The Morgan fingerprint density at radius 2 is 1.54 bits per heavy atom. The van der Waals surface area contributed by atoms with Gasteiger partial charge < -0.3 is 15.0 Å². The van der Waals surface area contributed by atoms with Crippen LogP contribution in [-0.4, -0.2) is 50.9 Å². The standard InChI is InChI=1S/C30H37N3O5S/c1-6-23(3)31-30(35)24(4)32(20-25-14-12-22(2)13-15-25)29(34)21-33(26-16-18-27(38-5)19-17-26)39(36,37)28-10-8-7-9-11-28/h7-19,23-24H,6,20-21H2,1-5H3,(H,31,35)/t23-,24+/m0/s1.